The number of likely N-dealkylation sites (tertiary alicyclic amines) is 1. The number of rotatable bonds is 6. The normalized spacial score (nSPS) is 27.6. The molecule has 0 aromatic rings. The van der Waals surface area contributed by atoms with E-state index in [0.717, 1.165) is 17.9 Å². The van der Waals surface area contributed by atoms with Crippen LogP contribution in [0.1, 0.15) is 47.0 Å². The Balaban J connectivity index is 2.24. The van der Waals surface area contributed by atoms with Gasteiger partial charge in [-0.2, -0.15) is 0 Å². The molecule has 16 heavy (non-hydrogen) atoms. The highest BCUT2D eigenvalue weighted by Crippen LogP contribution is 2.16. The predicted octanol–water partition coefficient (Wildman–Crippen LogP) is 2.74. The summed E-state index contributed by atoms with van der Waals surface area (Å²) >= 11 is 0. The fourth-order valence-corrected chi connectivity index (χ4v) is 2.68. The summed E-state index contributed by atoms with van der Waals surface area (Å²) in [4.78, 5) is 2.63. The first kappa shape index (κ1) is 14.0. The maximum Gasteiger partial charge on any atom is 0.0198 e. The van der Waals surface area contributed by atoms with Gasteiger partial charge in [0.05, 0.1) is 0 Å². The standard InChI is InChI=1S/C14H30N2/c1-5-8-16-10-13(4)9-14(11-16)15-7-6-12(2)3/h12-15H,5-11H2,1-4H3. The third kappa shape index (κ3) is 5.31. The smallest absolute Gasteiger partial charge is 0.0198 e. The van der Waals surface area contributed by atoms with Crippen molar-refractivity contribution in [3.63, 3.8) is 0 Å². The van der Waals surface area contributed by atoms with Gasteiger partial charge in [0.15, 0.2) is 0 Å². The fraction of sp³-hybridized carbons (Fsp3) is 1.00. The van der Waals surface area contributed by atoms with E-state index in [1.807, 2.05) is 0 Å². The molecule has 0 spiro atoms. The molecule has 1 N–H and O–H groups in total. The fourth-order valence-electron chi connectivity index (χ4n) is 2.68. The average molecular weight is 226 g/mol. The summed E-state index contributed by atoms with van der Waals surface area (Å²) < 4.78 is 0. The van der Waals surface area contributed by atoms with Crippen LogP contribution in [-0.2, 0) is 0 Å². The Labute approximate surface area is 102 Å². The van der Waals surface area contributed by atoms with Crippen molar-refractivity contribution >= 4 is 0 Å². The molecule has 2 unspecified atom stereocenters. The molecule has 0 bridgehead atoms. The lowest BCUT2D eigenvalue weighted by atomic mass is 9.95. The van der Waals surface area contributed by atoms with E-state index in [1.165, 1.54) is 45.4 Å². The predicted molar refractivity (Wildman–Crippen MR) is 71.8 cm³/mol. The van der Waals surface area contributed by atoms with Crippen LogP contribution in [0.4, 0.5) is 0 Å². The van der Waals surface area contributed by atoms with Gasteiger partial charge in [0.2, 0.25) is 0 Å². The van der Waals surface area contributed by atoms with Crippen molar-refractivity contribution in [3.8, 4) is 0 Å². The van der Waals surface area contributed by atoms with Gasteiger partial charge in [-0.15, -0.1) is 0 Å². The first-order valence-electron chi connectivity index (χ1n) is 7.07. The van der Waals surface area contributed by atoms with Gasteiger partial charge < -0.3 is 10.2 Å². The Hall–Kier alpha value is -0.0800. The monoisotopic (exact) mass is 226 g/mol. The van der Waals surface area contributed by atoms with Crippen LogP contribution in [-0.4, -0.2) is 37.1 Å². The summed E-state index contributed by atoms with van der Waals surface area (Å²) in [5, 5.41) is 3.73. The second-order valence-electron chi connectivity index (χ2n) is 5.93. The summed E-state index contributed by atoms with van der Waals surface area (Å²) in [5.74, 6) is 1.68. The van der Waals surface area contributed by atoms with E-state index in [4.69, 9.17) is 0 Å². The quantitative estimate of drug-likeness (QED) is 0.749. The molecule has 1 aliphatic heterocycles. The lowest BCUT2D eigenvalue weighted by Gasteiger charge is -2.37. The lowest BCUT2D eigenvalue weighted by Crippen LogP contribution is -2.49. The molecule has 1 heterocycles. The van der Waals surface area contributed by atoms with Gasteiger partial charge in [0.1, 0.15) is 0 Å². The van der Waals surface area contributed by atoms with Crippen LogP contribution in [0.2, 0.25) is 0 Å². The van der Waals surface area contributed by atoms with Crippen LogP contribution < -0.4 is 5.32 Å². The second kappa shape index (κ2) is 7.29. The number of piperidine rings is 1. The van der Waals surface area contributed by atoms with Crippen LogP contribution in [0.5, 0.6) is 0 Å². The van der Waals surface area contributed by atoms with Crippen molar-refractivity contribution in [1.82, 2.24) is 10.2 Å². The summed E-state index contributed by atoms with van der Waals surface area (Å²) in [6.45, 7) is 14.3. The van der Waals surface area contributed by atoms with Crippen molar-refractivity contribution < 1.29 is 0 Å². The van der Waals surface area contributed by atoms with E-state index in [-0.39, 0.29) is 0 Å². The van der Waals surface area contributed by atoms with Crippen LogP contribution in [0, 0.1) is 11.8 Å². The van der Waals surface area contributed by atoms with Gasteiger partial charge in [-0.25, -0.2) is 0 Å². The van der Waals surface area contributed by atoms with Crippen molar-refractivity contribution in [1.29, 1.82) is 0 Å². The van der Waals surface area contributed by atoms with Crippen molar-refractivity contribution in [3.05, 3.63) is 0 Å². The summed E-state index contributed by atoms with van der Waals surface area (Å²) in [6, 6.07) is 0.731. The zero-order valence-electron chi connectivity index (χ0n) is 11.6. The lowest BCUT2D eigenvalue weighted by molar-refractivity contribution is 0.149. The van der Waals surface area contributed by atoms with E-state index in [1.54, 1.807) is 0 Å². The van der Waals surface area contributed by atoms with E-state index in [9.17, 15) is 0 Å². The zero-order chi connectivity index (χ0) is 12.0. The van der Waals surface area contributed by atoms with Gasteiger partial charge in [0.25, 0.3) is 0 Å². The largest absolute Gasteiger partial charge is 0.313 e. The van der Waals surface area contributed by atoms with Crippen molar-refractivity contribution in [2.75, 3.05) is 26.2 Å². The van der Waals surface area contributed by atoms with Crippen LogP contribution in [0.15, 0.2) is 0 Å². The van der Waals surface area contributed by atoms with Crippen LogP contribution in [0.25, 0.3) is 0 Å². The molecule has 0 aliphatic carbocycles. The summed E-state index contributed by atoms with van der Waals surface area (Å²) in [7, 11) is 0. The molecule has 0 saturated carbocycles. The Bertz CT molecular complexity index is 180. The minimum atomic E-state index is 0.731. The number of hydrogen-bond acceptors (Lipinski definition) is 2. The van der Waals surface area contributed by atoms with Gasteiger partial charge in [0, 0.05) is 19.1 Å². The van der Waals surface area contributed by atoms with Crippen LogP contribution in [0.3, 0.4) is 0 Å². The molecule has 1 saturated heterocycles. The number of nitrogens with one attached hydrogen (secondary N) is 1. The molecule has 1 rings (SSSR count). The molecule has 0 amide bonds. The first-order chi connectivity index (χ1) is 7.61. The molecular formula is C14H30N2. The van der Waals surface area contributed by atoms with E-state index in [2.05, 4.69) is 37.9 Å². The van der Waals surface area contributed by atoms with Gasteiger partial charge in [-0.3, -0.25) is 0 Å². The van der Waals surface area contributed by atoms with Crippen molar-refractivity contribution in [2.24, 2.45) is 11.8 Å². The molecule has 2 heteroatoms. The van der Waals surface area contributed by atoms with E-state index in [0.29, 0.717) is 0 Å². The molecule has 0 aromatic carbocycles. The molecule has 1 aliphatic rings. The Morgan fingerprint density at radius 2 is 2.06 bits per heavy atom. The summed E-state index contributed by atoms with van der Waals surface area (Å²) in [6.07, 6.45) is 3.95. The van der Waals surface area contributed by atoms with Crippen LogP contribution >= 0.6 is 0 Å². The highest BCUT2D eigenvalue weighted by molar-refractivity contribution is 4.81. The minimum Gasteiger partial charge on any atom is -0.313 e. The number of hydrogen-bond donors (Lipinski definition) is 1. The average Bonchev–Trinajstić information content (AvgIpc) is 2.16. The SMILES string of the molecule is CCCN1CC(C)CC(NCCC(C)C)C1. The van der Waals surface area contributed by atoms with Gasteiger partial charge in [-0.05, 0) is 44.2 Å². The molecule has 2 nitrogen and oxygen atoms in total. The third-order valence-corrected chi connectivity index (χ3v) is 3.43. The highest BCUT2D eigenvalue weighted by atomic mass is 15.2. The molecule has 96 valence electrons. The maximum absolute atomic E-state index is 3.73. The third-order valence-electron chi connectivity index (χ3n) is 3.43. The van der Waals surface area contributed by atoms with Crippen molar-refractivity contribution in [2.45, 2.75) is 53.0 Å². The van der Waals surface area contributed by atoms with Gasteiger partial charge >= 0.3 is 0 Å². The first-order valence-corrected chi connectivity index (χ1v) is 7.07. The molecular weight excluding hydrogens is 196 g/mol. The highest BCUT2D eigenvalue weighted by Gasteiger charge is 2.23. The zero-order valence-corrected chi connectivity index (χ0v) is 11.6. The summed E-state index contributed by atoms with van der Waals surface area (Å²) in [5.41, 5.74) is 0. The number of nitrogens with zero attached hydrogens (tertiary/aromatic N) is 1. The molecule has 2 atom stereocenters. The topological polar surface area (TPSA) is 15.3 Å². The molecule has 0 radical (unpaired) electrons. The Morgan fingerprint density at radius 1 is 1.31 bits per heavy atom. The Morgan fingerprint density at radius 3 is 2.69 bits per heavy atom. The minimum absolute atomic E-state index is 0.731. The second-order valence-corrected chi connectivity index (χ2v) is 5.93. The molecule has 0 aromatic heterocycles. The van der Waals surface area contributed by atoms with E-state index >= 15 is 0 Å². The van der Waals surface area contributed by atoms with E-state index < -0.39 is 0 Å². The maximum atomic E-state index is 3.73. The van der Waals surface area contributed by atoms with Gasteiger partial charge in [-0.1, -0.05) is 27.7 Å². The Kier molecular flexibility index (Phi) is 6.37. The molecule has 1 fully saturated rings.